The molecule has 0 fully saturated rings. The molecule has 0 unspecified atom stereocenters. The van der Waals surface area contributed by atoms with Gasteiger partial charge < -0.3 is 4.74 Å². The largest absolute Gasteiger partial charge is 0.481 e. The molecule has 106 valence electrons. The van der Waals surface area contributed by atoms with Crippen LogP contribution in [0.1, 0.15) is 28.0 Å². The van der Waals surface area contributed by atoms with Crippen molar-refractivity contribution in [3.8, 4) is 5.88 Å². The summed E-state index contributed by atoms with van der Waals surface area (Å²) in [6.07, 6.45) is 3.48. The number of allylic oxidation sites excluding steroid dienone is 1. The molecule has 2 aromatic rings. The zero-order valence-corrected chi connectivity index (χ0v) is 13.2. The first-order valence-corrected chi connectivity index (χ1v) is 7.51. The van der Waals surface area contributed by atoms with Crippen LogP contribution < -0.4 is 4.74 Å². The molecular weight excluding hydrogens is 330 g/mol. The molecule has 0 radical (unpaired) electrons. The molecule has 4 heteroatoms. The van der Waals surface area contributed by atoms with Crippen LogP contribution in [0.2, 0.25) is 0 Å². The lowest BCUT2D eigenvalue weighted by atomic mass is 9.86. The normalized spacial score (nSPS) is 15.9. The summed E-state index contributed by atoms with van der Waals surface area (Å²) in [5.74, 6) is 0.637. The molecule has 0 saturated carbocycles. The molecule has 0 saturated heterocycles. The molecule has 1 aromatic heterocycles. The first kappa shape index (κ1) is 14.0. The second-order valence-electron chi connectivity index (χ2n) is 4.90. The molecule has 0 atom stereocenters. The first-order chi connectivity index (χ1) is 10.2. The Bertz CT molecular complexity index is 737. The van der Waals surface area contributed by atoms with Gasteiger partial charge in [0.05, 0.1) is 12.8 Å². The first-order valence-electron chi connectivity index (χ1n) is 6.72. The van der Waals surface area contributed by atoms with Crippen molar-refractivity contribution < 1.29 is 9.53 Å². The third-order valence-corrected chi connectivity index (χ3v) is 4.04. The van der Waals surface area contributed by atoms with Crippen molar-refractivity contribution in [3.05, 3.63) is 63.3 Å². The van der Waals surface area contributed by atoms with E-state index in [4.69, 9.17) is 4.74 Å². The van der Waals surface area contributed by atoms with Crippen molar-refractivity contribution in [1.29, 1.82) is 0 Å². The minimum atomic E-state index is 0.0853. The molecule has 0 amide bonds. The lowest BCUT2D eigenvalue weighted by molar-refractivity contribution is 0.102. The fourth-order valence-electron chi connectivity index (χ4n) is 2.47. The molecule has 1 heterocycles. The van der Waals surface area contributed by atoms with Crippen molar-refractivity contribution in [1.82, 2.24) is 4.98 Å². The molecule has 0 N–H and O–H groups in total. The van der Waals surface area contributed by atoms with Gasteiger partial charge in [0.15, 0.2) is 5.78 Å². The van der Waals surface area contributed by atoms with Crippen LogP contribution in [0.3, 0.4) is 0 Å². The summed E-state index contributed by atoms with van der Waals surface area (Å²) in [7, 11) is 1.58. The van der Waals surface area contributed by atoms with Crippen molar-refractivity contribution in [2.45, 2.75) is 12.8 Å². The number of hydrogen-bond acceptors (Lipinski definition) is 3. The third kappa shape index (κ3) is 2.90. The van der Waals surface area contributed by atoms with E-state index in [2.05, 4.69) is 20.9 Å². The Morgan fingerprint density at radius 2 is 2.10 bits per heavy atom. The Labute approximate surface area is 131 Å². The van der Waals surface area contributed by atoms with Gasteiger partial charge >= 0.3 is 0 Å². The van der Waals surface area contributed by atoms with Gasteiger partial charge in [-0.1, -0.05) is 28.1 Å². The van der Waals surface area contributed by atoms with Gasteiger partial charge in [0, 0.05) is 21.7 Å². The predicted molar refractivity (Wildman–Crippen MR) is 85.6 cm³/mol. The number of carbonyl (C=O) groups is 1. The zero-order valence-electron chi connectivity index (χ0n) is 11.6. The van der Waals surface area contributed by atoms with E-state index in [1.807, 2.05) is 36.4 Å². The Hall–Kier alpha value is -1.94. The van der Waals surface area contributed by atoms with E-state index in [0.717, 1.165) is 39.7 Å². The summed E-state index contributed by atoms with van der Waals surface area (Å²) in [4.78, 5) is 16.9. The number of methoxy groups -OCH3 is 1. The van der Waals surface area contributed by atoms with Gasteiger partial charge in [0.1, 0.15) is 0 Å². The van der Waals surface area contributed by atoms with Gasteiger partial charge in [0.2, 0.25) is 5.88 Å². The fraction of sp³-hybridized carbons (Fsp3) is 0.176. The molecule has 1 aliphatic rings. The quantitative estimate of drug-likeness (QED) is 0.771. The van der Waals surface area contributed by atoms with Crippen LogP contribution in [0, 0.1) is 0 Å². The van der Waals surface area contributed by atoms with Crippen LogP contribution in [-0.2, 0) is 6.42 Å². The van der Waals surface area contributed by atoms with E-state index in [1.165, 1.54) is 0 Å². The second-order valence-corrected chi connectivity index (χ2v) is 5.82. The van der Waals surface area contributed by atoms with E-state index in [0.29, 0.717) is 5.88 Å². The van der Waals surface area contributed by atoms with Crippen LogP contribution in [-0.4, -0.2) is 17.9 Å². The van der Waals surface area contributed by atoms with Crippen molar-refractivity contribution in [2.75, 3.05) is 7.11 Å². The molecule has 3 rings (SSSR count). The van der Waals surface area contributed by atoms with Crippen molar-refractivity contribution in [2.24, 2.45) is 0 Å². The number of ketones is 1. The van der Waals surface area contributed by atoms with Crippen LogP contribution >= 0.6 is 15.9 Å². The van der Waals surface area contributed by atoms with E-state index < -0.39 is 0 Å². The number of benzene rings is 1. The summed E-state index contributed by atoms with van der Waals surface area (Å²) < 4.78 is 6.04. The van der Waals surface area contributed by atoms with Crippen LogP contribution in [0.5, 0.6) is 5.88 Å². The topological polar surface area (TPSA) is 39.2 Å². The van der Waals surface area contributed by atoms with Crippen LogP contribution in [0.25, 0.3) is 6.08 Å². The maximum Gasteiger partial charge on any atom is 0.213 e. The minimum absolute atomic E-state index is 0.0853. The molecule has 0 bridgehead atoms. The predicted octanol–water partition coefficient (Wildman–Crippen LogP) is 4.07. The van der Waals surface area contributed by atoms with Gasteiger partial charge in [0.25, 0.3) is 0 Å². The average Bonchev–Trinajstić information content (AvgIpc) is 2.51. The molecule has 1 aromatic carbocycles. The Kier molecular flexibility index (Phi) is 3.88. The number of aromatic nitrogens is 1. The highest BCUT2D eigenvalue weighted by Gasteiger charge is 2.22. The number of fused-ring (bicyclic) bond motifs is 1. The number of carbonyl (C=O) groups excluding carboxylic acids is 1. The summed E-state index contributed by atoms with van der Waals surface area (Å²) in [6.45, 7) is 0. The third-order valence-electron chi connectivity index (χ3n) is 3.55. The van der Waals surface area contributed by atoms with Gasteiger partial charge in [-0.25, -0.2) is 4.98 Å². The van der Waals surface area contributed by atoms with E-state index >= 15 is 0 Å². The SMILES string of the molecule is COc1cccc(/C=C2\CCc3ccc(Br)cc3C2=O)n1. The van der Waals surface area contributed by atoms with Gasteiger partial charge in [-0.3, -0.25) is 4.79 Å². The number of hydrogen-bond donors (Lipinski definition) is 0. The van der Waals surface area contributed by atoms with E-state index in [-0.39, 0.29) is 5.78 Å². The van der Waals surface area contributed by atoms with Crippen LogP contribution in [0.15, 0.2) is 46.4 Å². The number of nitrogens with zero attached hydrogens (tertiary/aromatic N) is 1. The van der Waals surface area contributed by atoms with E-state index in [1.54, 1.807) is 13.2 Å². The highest BCUT2D eigenvalue weighted by atomic mass is 79.9. The summed E-state index contributed by atoms with van der Waals surface area (Å²) in [5, 5.41) is 0. The molecule has 1 aliphatic carbocycles. The number of rotatable bonds is 2. The molecular formula is C17H14BrNO2. The number of halogens is 1. The van der Waals surface area contributed by atoms with Crippen LogP contribution in [0.4, 0.5) is 0 Å². The highest BCUT2D eigenvalue weighted by molar-refractivity contribution is 9.10. The Morgan fingerprint density at radius 3 is 2.90 bits per heavy atom. The lowest BCUT2D eigenvalue weighted by Gasteiger charge is -2.17. The standard InChI is InChI=1S/C17H14BrNO2/c1-21-16-4-2-3-14(19-16)9-12-6-5-11-7-8-13(18)10-15(11)17(12)20/h2-4,7-10H,5-6H2,1H3/b12-9+. The molecule has 3 nitrogen and oxygen atoms in total. The fourth-order valence-corrected chi connectivity index (χ4v) is 2.84. The number of pyridine rings is 1. The number of ether oxygens (including phenoxy) is 1. The summed E-state index contributed by atoms with van der Waals surface area (Å²) >= 11 is 3.42. The zero-order chi connectivity index (χ0) is 14.8. The second kappa shape index (κ2) is 5.82. The monoisotopic (exact) mass is 343 g/mol. The average molecular weight is 344 g/mol. The van der Waals surface area contributed by atoms with Crippen molar-refractivity contribution in [3.63, 3.8) is 0 Å². The van der Waals surface area contributed by atoms with Crippen molar-refractivity contribution >= 4 is 27.8 Å². The van der Waals surface area contributed by atoms with Gasteiger partial charge in [-0.05, 0) is 42.7 Å². The maximum atomic E-state index is 12.6. The lowest BCUT2D eigenvalue weighted by Crippen LogP contribution is -2.14. The summed E-state index contributed by atoms with van der Waals surface area (Å²) in [5.41, 5.74) is 3.43. The minimum Gasteiger partial charge on any atom is -0.481 e. The summed E-state index contributed by atoms with van der Waals surface area (Å²) in [6, 6.07) is 11.4. The maximum absolute atomic E-state index is 12.6. The molecule has 0 aliphatic heterocycles. The Morgan fingerprint density at radius 1 is 1.24 bits per heavy atom. The number of Topliss-reactive ketones (excluding diaryl/α,β-unsaturated/α-hetero) is 1. The molecule has 0 spiro atoms. The number of aryl methyl sites for hydroxylation is 1. The Balaban J connectivity index is 1.97. The van der Waals surface area contributed by atoms with E-state index in [9.17, 15) is 4.79 Å². The molecule has 21 heavy (non-hydrogen) atoms. The van der Waals surface area contributed by atoms with Gasteiger partial charge in [-0.15, -0.1) is 0 Å². The highest BCUT2D eigenvalue weighted by Crippen LogP contribution is 2.28. The van der Waals surface area contributed by atoms with Gasteiger partial charge in [-0.2, -0.15) is 0 Å². The smallest absolute Gasteiger partial charge is 0.213 e.